The number of carbonyl (C=O) groups excluding carboxylic acids is 1. The van der Waals surface area contributed by atoms with Gasteiger partial charge in [-0.05, 0) is 49.3 Å². The largest absolute Gasteiger partial charge is 0.355 e. The number of piperidine rings is 1. The van der Waals surface area contributed by atoms with E-state index < -0.39 is 0 Å². The smallest absolute Gasteiger partial charge is 0.253 e. The molecule has 0 bridgehead atoms. The van der Waals surface area contributed by atoms with Crippen molar-refractivity contribution in [3.8, 4) is 0 Å². The molecule has 3 fully saturated rings. The Bertz CT molecular complexity index is 772. The van der Waals surface area contributed by atoms with Crippen molar-refractivity contribution in [2.75, 3.05) is 19.6 Å². The average molecular weight is 369 g/mol. The Hall–Kier alpha value is -1.76. The highest BCUT2D eigenvalue weighted by molar-refractivity contribution is 7.03. The SMILES string of the molecule is O=C(c1ccccc1)N1CCC2(CC1)CN1[C@@H](CC[C@H]1c1cnsc1)O2. The van der Waals surface area contributed by atoms with Crippen molar-refractivity contribution in [2.24, 2.45) is 0 Å². The van der Waals surface area contributed by atoms with Crippen LogP contribution in [0.4, 0.5) is 0 Å². The van der Waals surface area contributed by atoms with Gasteiger partial charge in [0.1, 0.15) is 6.23 Å². The lowest BCUT2D eigenvalue weighted by Crippen LogP contribution is -2.49. The van der Waals surface area contributed by atoms with Crippen LogP contribution in [0.25, 0.3) is 0 Å². The van der Waals surface area contributed by atoms with Gasteiger partial charge in [0, 0.05) is 48.4 Å². The van der Waals surface area contributed by atoms with E-state index in [0.717, 1.165) is 50.9 Å². The zero-order valence-electron chi connectivity index (χ0n) is 14.7. The van der Waals surface area contributed by atoms with E-state index in [-0.39, 0.29) is 17.7 Å². The summed E-state index contributed by atoms with van der Waals surface area (Å²) in [7, 11) is 0. The van der Waals surface area contributed by atoms with Crippen LogP contribution < -0.4 is 0 Å². The van der Waals surface area contributed by atoms with Crippen LogP contribution in [0.5, 0.6) is 0 Å². The highest BCUT2D eigenvalue weighted by atomic mass is 32.1. The third-order valence-corrected chi connectivity index (χ3v) is 6.74. The van der Waals surface area contributed by atoms with E-state index >= 15 is 0 Å². The molecule has 0 N–H and O–H groups in total. The summed E-state index contributed by atoms with van der Waals surface area (Å²) in [5, 5.41) is 2.17. The molecule has 5 nitrogen and oxygen atoms in total. The van der Waals surface area contributed by atoms with E-state index in [2.05, 4.69) is 14.7 Å². The van der Waals surface area contributed by atoms with E-state index in [4.69, 9.17) is 4.74 Å². The molecule has 1 aromatic carbocycles. The monoisotopic (exact) mass is 369 g/mol. The molecule has 1 amide bonds. The maximum atomic E-state index is 12.7. The summed E-state index contributed by atoms with van der Waals surface area (Å²) >= 11 is 1.53. The lowest BCUT2D eigenvalue weighted by Gasteiger charge is -2.39. The maximum absolute atomic E-state index is 12.7. The molecule has 0 unspecified atom stereocenters. The molecule has 4 heterocycles. The molecule has 3 saturated heterocycles. The van der Waals surface area contributed by atoms with Crippen LogP contribution in [0.15, 0.2) is 41.9 Å². The van der Waals surface area contributed by atoms with E-state index in [1.165, 1.54) is 17.1 Å². The summed E-state index contributed by atoms with van der Waals surface area (Å²) in [5.41, 5.74) is 2.02. The molecule has 136 valence electrons. The number of carbonyl (C=O) groups is 1. The predicted molar refractivity (Wildman–Crippen MR) is 100.0 cm³/mol. The van der Waals surface area contributed by atoms with Crippen molar-refractivity contribution in [3.63, 3.8) is 0 Å². The van der Waals surface area contributed by atoms with Gasteiger partial charge in [-0.3, -0.25) is 9.69 Å². The Morgan fingerprint density at radius 1 is 1.19 bits per heavy atom. The van der Waals surface area contributed by atoms with Gasteiger partial charge in [0.05, 0.1) is 5.60 Å². The van der Waals surface area contributed by atoms with Gasteiger partial charge in [-0.1, -0.05) is 18.2 Å². The minimum Gasteiger partial charge on any atom is -0.355 e. The minimum absolute atomic E-state index is 0.0831. The number of fused-ring (bicyclic) bond motifs is 1. The van der Waals surface area contributed by atoms with E-state index in [0.29, 0.717) is 6.04 Å². The molecule has 1 aromatic heterocycles. The van der Waals surface area contributed by atoms with E-state index in [1.54, 1.807) is 0 Å². The van der Waals surface area contributed by atoms with Crippen LogP contribution in [0.2, 0.25) is 0 Å². The number of rotatable bonds is 2. The predicted octanol–water partition coefficient (Wildman–Crippen LogP) is 3.31. The van der Waals surface area contributed by atoms with Gasteiger partial charge in [-0.15, -0.1) is 0 Å². The highest BCUT2D eigenvalue weighted by Crippen LogP contribution is 2.46. The first-order chi connectivity index (χ1) is 12.7. The molecule has 3 aliphatic heterocycles. The first-order valence-electron chi connectivity index (χ1n) is 9.41. The first kappa shape index (κ1) is 16.4. The number of hydrogen-bond donors (Lipinski definition) is 0. The van der Waals surface area contributed by atoms with Crippen molar-refractivity contribution >= 4 is 17.4 Å². The van der Waals surface area contributed by atoms with Crippen LogP contribution in [-0.2, 0) is 4.74 Å². The van der Waals surface area contributed by atoms with Crippen molar-refractivity contribution in [3.05, 3.63) is 53.0 Å². The van der Waals surface area contributed by atoms with Gasteiger partial charge in [0.15, 0.2) is 0 Å². The molecule has 3 aliphatic rings. The number of amides is 1. The van der Waals surface area contributed by atoms with Gasteiger partial charge in [0.2, 0.25) is 0 Å². The zero-order chi connectivity index (χ0) is 17.6. The molecule has 0 radical (unpaired) electrons. The molecular formula is C20H23N3O2S. The molecule has 5 rings (SSSR count). The summed E-state index contributed by atoms with van der Waals surface area (Å²) in [6, 6.07) is 10.0. The van der Waals surface area contributed by atoms with Crippen LogP contribution in [0, 0.1) is 0 Å². The number of ether oxygens (including phenoxy) is 1. The molecule has 2 atom stereocenters. The fourth-order valence-electron chi connectivity index (χ4n) is 4.72. The maximum Gasteiger partial charge on any atom is 0.253 e. The third kappa shape index (κ3) is 2.76. The number of nitrogens with zero attached hydrogens (tertiary/aromatic N) is 3. The summed E-state index contributed by atoms with van der Waals surface area (Å²) < 4.78 is 10.8. The minimum atomic E-state index is -0.0831. The second-order valence-corrected chi connectivity index (χ2v) is 8.29. The highest BCUT2D eigenvalue weighted by Gasteiger charge is 2.51. The van der Waals surface area contributed by atoms with Gasteiger partial charge in [-0.2, -0.15) is 0 Å². The summed E-state index contributed by atoms with van der Waals surface area (Å²) in [4.78, 5) is 17.2. The van der Waals surface area contributed by atoms with Crippen molar-refractivity contribution in [2.45, 2.75) is 43.6 Å². The fraction of sp³-hybridized carbons (Fsp3) is 0.500. The average Bonchev–Trinajstić information content (AvgIpc) is 3.39. The van der Waals surface area contributed by atoms with Gasteiger partial charge in [0.25, 0.3) is 5.91 Å². The van der Waals surface area contributed by atoms with Crippen LogP contribution in [0.1, 0.15) is 47.6 Å². The second-order valence-electron chi connectivity index (χ2n) is 7.64. The summed E-state index contributed by atoms with van der Waals surface area (Å²) in [5.74, 6) is 0.140. The van der Waals surface area contributed by atoms with E-state index in [9.17, 15) is 4.79 Å². The van der Waals surface area contributed by atoms with Crippen LogP contribution >= 0.6 is 11.5 Å². The number of aromatic nitrogens is 1. The Morgan fingerprint density at radius 3 is 2.73 bits per heavy atom. The quantitative estimate of drug-likeness (QED) is 0.815. The molecule has 0 aliphatic carbocycles. The Balaban J connectivity index is 1.25. The molecule has 26 heavy (non-hydrogen) atoms. The number of benzene rings is 1. The van der Waals surface area contributed by atoms with Crippen LogP contribution in [-0.4, -0.2) is 51.5 Å². The van der Waals surface area contributed by atoms with Crippen molar-refractivity contribution < 1.29 is 9.53 Å². The Morgan fingerprint density at radius 2 is 2.00 bits per heavy atom. The summed E-state index contributed by atoms with van der Waals surface area (Å²) in [6.07, 6.45) is 6.33. The first-order valence-corrected chi connectivity index (χ1v) is 10.2. The Kier molecular flexibility index (Phi) is 4.07. The molecule has 0 saturated carbocycles. The van der Waals surface area contributed by atoms with Gasteiger partial charge >= 0.3 is 0 Å². The number of hydrogen-bond acceptors (Lipinski definition) is 5. The van der Waals surface area contributed by atoms with Gasteiger partial charge in [-0.25, -0.2) is 4.37 Å². The zero-order valence-corrected chi connectivity index (χ0v) is 15.5. The molecular weight excluding hydrogens is 346 g/mol. The van der Waals surface area contributed by atoms with Crippen LogP contribution in [0.3, 0.4) is 0 Å². The van der Waals surface area contributed by atoms with Gasteiger partial charge < -0.3 is 9.64 Å². The molecule has 6 heteroatoms. The summed E-state index contributed by atoms with van der Waals surface area (Å²) in [6.45, 7) is 2.53. The topological polar surface area (TPSA) is 45.7 Å². The lowest BCUT2D eigenvalue weighted by atomic mass is 9.90. The molecule has 2 aromatic rings. The standard InChI is InChI=1S/C20H23N3O2S/c24-19(15-4-2-1-3-5-15)22-10-8-20(9-11-22)14-23-17(6-7-18(23)25-20)16-12-21-26-13-16/h1-5,12-13,17-18H,6-11,14H2/t17-,18+/m0/s1. The normalized spacial score (nSPS) is 27.8. The second kappa shape index (κ2) is 6.44. The van der Waals surface area contributed by atoms with Crippen molar-refractivity contribution in [1.82, 2.24) is 14.2 Å². The third-order valence-electron chi connectivity index (χ3n) is 6.13. The van der Waals surface area contributed by atoms with E-state index in [1.807, 2.05) is 41.4 Å². The molecule has 1 spiro atoms. The van der Waals surface area contributed by atoms with Crippen molar-refractivity contribution in [1.29, 1.82) is 0 Å². The Labute approximate surface area is 157 Å². The number of likely N-dealkylation sites (tertiary alicyclic amines) is 1. The lowest BCUT2D eigenvalue weighted by molar-refractivity contribution is -0.0759. The fourth-order valence-corrected chi connectivity index (χ4v) is 5.31.